The summed E-state index contributed by atoms with van der Waals surface area (Å²) in [4.78, 5) is 15.4. The molecule has 1 heterocycles. The van der Waals surface area contributed by atoms with Gasteiger partial charge in [0.1, 0.15) is 12.2 Å². The van der Waals surface area contributed by atoms with E-state index in [2.05, 4.69) is 20.5 Å². The van der Waals surface area contributed by atoms with Crippen LogP contribution in [0.2, 0.25) is 0 Å². The van der Waals surface area contributed by atoms with Crippen molar-refractivity contribution in [1.29, 1.82) is 0 Å². The van der Waals surface area contributed by atoms with Gasteiger partial charge in [-0.25, -0.2) is 4.98 Å². The smallest absolute Gasteiger partial charge is 0.349 e. The number of hydrogen-bond donors (Lipinski definition) is 2. The van der Waals surface area contributed by atoms with Crippen molar-refractivity contribution in [3.05, 3.63) is 47.5 Å². The van der Waals surface area contributed by atoms with Crippen LogP contribution in [0.1, 0.15) is 17.0 Å². The first-order valence-corrected chi connectivity index (χ1v) is 5.72. The van der Waals surface area contributed by atoms with Gasteiger partial charge in [0.25, 0.3) is 0 Å². The zero-order valence-electron chi connectivity index (χ0n) is 10.2. The molecular weight excluding hydrogens is 273 g/mol. The molecule has 0 saturated heterocycles. The van der Waals surface area contributed by atoms with E-state index < -0.39 is 11.7 Å². The lowest BCUT2D eigenvalue weighted by Gasteiger charge is -2.08. The van der Waals surface area contributed by atoms with E-state index in [9.17, 15) is 18.0 Å². The van der Waals surface area contributed by atoms with Gasteiger partial charge in [-0.1, -0.05) is 18.2 Å². The Morgan fingerprint density at radius 3 is 2.80 bits per heavy atom. The topological polar surface area (TPSA) is 70.7 Å². The number of nitrogens with one attached hydrogen (secondary N) is 2. The van der Waals surface area contributed by atoms with Crippen LogP contribution in [0.15, 0.2) is 30.6 Å². The number of rotatable bonds is 4. The third-order valence-corrected chi connectivity index (χ3v) is 2.54. The van der Waals surface area contributed by atoms with E-state index in [1.165, 1.54) is 18.5 Å². The number of aromatic nitrogens is 3. The van der Waals surface area contributed by atoms with E-state index in [0.29, 0.717) is 11.4 Å². The molecule has 0 saturated carbocycles. The van der Waals surface area contributed by atoms with Gasteiger partial charge in [0.05, 0.1) is 18.5 Å². The number of alkyl halides is 3. The first-order valence-electron chi connectivity index (χ1n) is 5.72. The highest BCUT2D eigenvalue weighted by atomic mass is 19.4. The maximum atomic E-state index is 12.5. The molecule has 0 fully saturated rings. The van der Waals surface area contributed by atoms with Gasteiger partial charge in [-0.05, 0) is 11.6 Å². The Morgan fingerprint density at radius 1 is 1.35 bits per heavy atom. The lowest BCUT2D eigenvalue weighted by Crippen LogP contribution is -2.25. The van der Waals surface area contributed by atoms with Gasteiger partial charge in [-0.2, -0.15) is 18.3 Å². The fraction of sp³-hybridized carbons (Fsp3) is 0.250. The molecule has 0 radical (unpaired) electrons. The van der Waals surface area contributed by atoms with E-state index in [1.54, 1.807) is 0 Å². The van der Waals surface area contributed by atoms with Crippen LogP contribution in [0, 0.1) is 0 Å². The quantitative estimate of drug-likeness (QED) is 0.897. The molecule has 8 heteroatoms. The fourth-order valence-corrected chi connectivity index (χ4v) is 1.60. The highest BCUT2D eigenvalue weighted by molar-refractivity contribution is 5.78. The minimum Gasteiger partial charge on any atom is -0.349 e. The van der Waals surface area contributed by atoms with Gasteiger partial charge >= 0.3 is 6.18 Å². The second-order valence-electron chi connectivity index (χ2n) is 4.08. The van der Waals surface area contributed by atoms with Crippen LogP contribution < -0.4 is 5.32 Å². The third-order valence-electron chi connectivity index (χ3n) is 2.54. The van der Waals surface area contributed by atoms with Crippen molar-refractivity contribution in [3.8, 4) is 0 Å². The molecule has 106 valence electrons. The van der Waals surface area contributed by atoms with Gasteiger partial charge in [0.2, 0.25) is 5.91 Å². The van der Waals surface area contributed by atoms with Crippen LogP contribution in [0.4, 0.5) is 13.2 Å². The summed E-state index contributed by atoms with van der Waals surface area (Å²) >= 11 is 0. The molecule has 2 N–H and O–H groups in total. The summed E-state index contributed by atoms with van der Waals surface area (Å²) in [5.41, 5.74) is -0.465. The second-order valence-corrected chi connectivity index (χ2v) is 4.08. The molecule has 0 unspecified atom stereocenters. The van der Waals surface area contributed by atoms with Crippen molar-refractivity contribution in [2.75, 3.05) is 0 Å². The number of carbonyl (C=O) groups is 1. The number of carbonyl (C=O) groups excluding carboxylic acids is 1. The summed E-state index contributed by atoms with van der Waals surface area (Å²) in [7, 11) is 0. The van der Waals surface area contributed by atoms with Crippen molar-refractivity contribution in [1.82, 2.24) is 20.5 Å². The highest BCUT2D eigenvalue weighted by Gasteiger charge is 2.30. The van der Waals surface area contributed by atoms with E-state index in [1.807, 2.05) is 0 Å². The lowest BCUT2D eigenvalue weighted by molar-refractivity contribution is -0.137. The van der Waals surface area contributed by atoms with Crippen molar-refractivity contribution < 1.29 is 18.0 Å². The van der Waals surface area contributed by atoms with E-state index >= 15 is 0 Å². The number of H-pyrrole nitrogens is 1. The first kappa shape index (κ1) is 14.0. The summed E-state index contributed by atoms with van der Waals surface area (Å²) < 4.78 is 37.6. The Hall–Kier alpha value is -2.38. The number of amides is 1. The molecule has 0 aliphatic heterocycles. The zero-order valence-corrected chi connectivity index (χ0v) is 10.2. The molecule has 0 aliphatic carbocycles. The standard InChI is InChI=1S/C12H11F3N4O/c13-12(14,15)9-3-1-2-8(4-9)5-11(20)16-6-10-17-7-18-19-10/h1-4,7H,5-6H2,(H,16,20)(H,17,18,19). The van der Waals surface area contributed by atoms with Crippen LogP contribution in [0.3, 0.4) is 0 Å². The van der Waals surface area contributed by atoms with Crippen LogP contribution in [-0.4, -0.2) is 21.1 Å². The molecule has 0 spiro atoms. The van der Waals surface area contributed by atoms with E-state index in [4.69, 9.17) is 0 Å². The molecule has 20 heavy (non-hydrogen) atoms. The van der Waals surface area contributed by atoms with Crippen LogP contribution in [0.5, 0.6) is 0 Å². The number of aromatic amines is 1. The van der Waals surface area contributed by atoms with Crippen molar-refractivity contribution in [3.63, 3.8) is 0 Å². The Kier molecular flexibility index (Phi) is 4.02. The average molecular weight is 284 g/mol. The fourth-order valence-electron chi connectivity index (χ4n) is 1.60. The lowest BCUT2D eigenvalue weighted by atomic mass is 10.1. The Bertz CT molecular complexity index is 581. The molecule has 1 aromatic carbocycles. The zero-order chi connectivity index (χ0) is 14.6. The van der Waals surface area contributed by atoms with Crippen molar-refractivity contribution in [2.24, 2.45) is 0 Å². The number of benzene rings is 1. The van der Waals surface area contributed by atoms with Gasteiger partial charge in [0.15, 0.2) is 0 Å². The van der Waals surface area contributed by atoms with Crippen molar-refractivity contribution in [2.45, 2.75) is 19.1 Å². The van der Waals surface area contributed by atoms with Crippen LogP contribution in [0.25, 0.3) is 0 Å². The van der Waals surface area contributed by atoms with Gasteiger partial charge in [-0.15, -0.1) is 0 Å². The Morgan fingerprint density at radius 2 is 2.15 bits per heavy atom. The molecule has 5 nitrogen and oxygen atoms in total. The molecule has 1 aromatic heterocycles. The van der Waals surface area contributed by atoms with Crippen LogP contribution >= 0.6 is 0 Å². The van der Waals surface area contributed by atoms with Crippen LogP contribution in [-0.2, 0) is 23.9 Å². The maximum Gasteiger partial charge on any atom is 0.416 e. The minimum atomic E-state index is -4.41. The van der Waals surface area contributed by atoms with Gasteiger partial charge in [0, 0.05) is 0 Å². The van der Waals surface area contributed by atoms with Gasteiger partial charge in [-0.3, -0.25) is 9.89 Å². The molecule has 0 bridgehead atoms. The monoisotopic (exact) mass is 284 g/mol. The predicted octanol–water partition coefficient (Wildman–Crippen LogP) is 1.68. The average Bonchev–Trinajstić information content (AvgIpc) is 2.89. The van der Waals surface area contributed by atoms with Gasteiger partial charge < -0.3 is 5.32 Å². The summed E-state index contributed by atoms with van der Waals surface area (Å²) in [6, 6.07) is 4.69. The van der Waals surface area contributed by atoms with Crippen molar-refractivity contribution >= 4 is 5.91 Å². The maximum absolute atomic E-state index is 12.5. The Labute approximate surface area is 112 Å². The molecular formula is C12H11F3N4O. The predicted molar refractivity (Wildman–Crippen MR) is 63.4 cm³/mol. The Balaban J connectivity index is 1.94. The second kappa shape index (κ2) is 5.72. The van der Waals surface area contributed by atoms with E-state index in [0.717, 1.165) is 12.1 Å². The number of nitrogens with zero attached hydrogens (tertiary/aromatic N) is 2. The third kappa shape index (κ3) is 3.81. The molecule has 2 rings (SSSR count). The summed E-state index contributed by atoms with van der Waals surface area (Å²) in [6.45, 7) is 0.151. The molecule has 2 aromatic rings. The number of halogens is 3. The minimum absolute atomic E-state index is 0.127. The SMILES string of the molecule is O=C(Cc1cccc(C(F)(F)F)c1)NCc1ncn[nH]1. The summed E-state index contributed by atoms with van der Waals surface area (Å²) in [5, 5.41) is 8.71. The summed E-state index contributed by atoms with van der Waals surface area (Å²) in [6.07, 6.45) is -3.24. The normalized spacial score (nSPS) is 11.3. The first-order chi connectivity index (χ1) is 9.45. The highest BCUT2D eigenvalue weighted by Crippen LogP contribution is 2.29. The number of hydrogen-bond acceptors (Lipinski definition) is 3. The molecule has 1 amide bonds. The summed E-state index contributed by atoms with van der Waals surface area (Å²) in [5.74, 6) is 0.0862. The molecule has 0 aliphatic rings. The van der Waals surface area contributed by atoms with E-state index in [-0.39, 0.29) is 18.9 Å². The molecule has 0 atom stereocenters. The largest absolute Gasteiger partial charge is 0.416 e.